The number of amides is 3. The minimum absolute atomic E-state index is 0.0370. The first kappa shape index (κ1) is 15.2. The van der Waals surface area contributed by atoms with E-state index in [1.165, 1.54) is 0 Å². The lowest BCUT2D eigenvalue weighted by atomic mass is 10.2. The van der Waals surface area contributed by atoms with E-state index in [0.717, 1.165) is 4.90 Å². The number of carbonyl (C=O) groups is 2. The van der Waals surface area contributed by atoms with Gasteiger partial charge in [-0.1, -0.05) is 12.1 Å². The molecule has 0 aliphatic carbocycles. The Morgan fingerprint density at radius 3 is 2.42 bits per heavy atom. The Balaban J connectivity index is 2.92. The molecule has 0 aliphatic rings. The lowest BCUT2D eigenvalue weighted by Crippen LogP contribution is -2.49. The third kappa shape index (κ3) is 3.81. The normalized spacial score (nSPS) is 10.9. The number of imide groups is 1. The maximum atomic E-state index is 12.3. The molecular weight excluding hydrogens is 246 g/mol. The third-order valence-corrected chi connectivity index (χ3v) is 2.49. The van der Waals surface area contributed by atoms with Crippen LogP contribution in [0.15, 0.2) is 10.6 Å². The summed E-state index contributed by atoms with van der Waals surface area (Å²) in [7, 11) is 0. The molecule has 1 aromatic rings. The first-order chi connectivity index (χ1) is 8.86. The van der Waals surface area contributed by atoms with Crippen molar-refractivity contribution < 1.29 is 14.1 Å². The molecule has 0 aliphatic heterocycles. The molecule has 0 saturated carbocycles. The molecule has 0 unspecified atom stereocenters. The van der Waals surface area contributed by atoms with E-state index < -0.39 is 11.9 Å². The number of nitrogens with one attached hydrogen (secondary N) is 1. The molecule has 1 N–H and O–H groups in total. The van der Waals surface area contributed by atoms with Crippen LogP contribution < -0.4 is 5.32 Å². The molecule has 6 nitrogen and oxygen atoms in total. The quantitative estimate of drug-likeness (QED) is 0.907. The van der Waals surface area contributed by atoms with Gasteiger partial charge in [0.1, 0.15) is 5.76 Å². The van der Waals surface area contributed by atoms with Crippen LogP contribution in [0.25, 0.3) is 0 Å². The number of aromatic nitrogens is 1. The van der Waals surface area contributed by atoms with Gasteiger partial charge in [-0.2, -0.15) is 0 Å². The fraction of sp³-hybridized carbons (Fsp3) is 0.615. The van der Waals surface area contributed by atoms with Gasteiger partial charge in [0.05, 0.1) is 0 Å². The molecule has 0 atom stereocenters. The second kappa shape index (κ2) is 6.36. The molecule has 6 heteroatoms. The summed E-state index contributed by atoms with van der Waals surface area (Å²) in [6, 6.07) is 0.856. The summed E-state index contributed by atoms with van der Waals surface area (Å²) in [6.45, 7) is 9.13. The van der Waals surface area contributed by atoms with Gasteiger partial charge in [-0.15, -0.1) is 0 Å². The lowest BCUT2D eigenvalue weighted by molar-refractivity contribution is 0.0750. The molecule has 0 fully saturated rings. The highest BCUT2D eigenvalue weighted by molar-refractivity contribution is 6.03. The fourth-order valence-electron chi connectivity index (χ4n) is 1.58. The van der Waals surface area contributed by atoms with Crippen molar-refractivity contribution in [2.24, 2.45) is 0 Å². The van der Waals surface area contributed by atoms with Gasteiger partial charge in [0.2, 0.25) is 0 Å². The number of hydrogen-bond donors (Lipinski definition) is 1. The zero-order valence-corrected chi connectivity index (χ0v) is 12.1. The van der Waals surface area contributed by atoms with Crippen molar-refractivity contribution >= 4 is 11.9 Å². The van der Waals surface area contributed by atoms with Crippen LogP contribution in [0.2, 0.25) is 0 Å². The molecule has 19 heavy (non-hydrogen) atoms. The van der Waals surface area contributed by atoms with Crippen molar-refractivity contribution in [2.75, 3.05) is 0 Å². The van der Waals surface area contributed by atoms with Gasteiger partial charge >= 0.3 is 6.03 Å². The highest BCUT2D eigenvalue weighted by atomic mass is 16.5. The van der Waals surface area contributed by atoms with Crippen molar-refractivity contribution in [3.05, 3.63) is 17.5 Å². The average Bonchev–Trinajstić information content (AvgIpc) is 2.75. The second-order valence-corrected chi connectivity index (χ2v) is 4.91. The Kier molecular flexibility index (Phi) is 5.09. The Morgan fingerprint density at radius 2 is 2.00 bits per heavy atom. The summed E-state index contributed by atoms with van der Waals surface area (Å²) in [5, 5.41) is 6.41. The highest BCUT2D eigenvalue weighted by Crippen LogP contribution is 2.10. The smallest absolute Gasteiger partial charge is 0.324 e. The van der Waals surface area contributed by atoms with Crippen LogP contribution in [-0.4, -0.2) is 34.1 Å². The van der Waals surface area contributed by atoms with E-state index in [4.69, 9.17) is 4.52 Å². The van der Waals surface area contributed by atoms with Crippen molar-refractivity contribution in [3.8, 4) is 0 Å². The summed E-state index contributed by atoms with van der Waals surface area (Å²) >= 11 is 0. The van der Waals surface area contributed by atoms with Crippen LogP contribution in [0.1, 0.15) is 50.9 Å². The van der Waals surface area contributed by atoms with Gasteiger partial charge in [0.15, 0.2) is 5.69 Å². The van der Waals surface area contributed by atoms with Crippen LogP contribution in [0.4, 0.5) is 4.79 Å². The minimum atomic E-state index is -0.448. The van der Waals surface area contributed by atoms with Crippen molar-refractivity contribution in [2.45, 2.75) is 53.1 Å². The number of aryl methyl sites for hydroxylation is 1. The van der Waals surface area contributed by atoms with Gasteiger partial charge in [-0.25, -0.2) is 4.79 Å². The van der Waals surface area contributed by atoms with E-state index in [-0.39, 0.29) is 17.8 Å². The number of hydrogen-bond acceptors (Lipinski definition) is 4. The van der Waals surface area contributed by atoms with Crippen molar-refractivity contribution in [1.82, 2.24) is 15.4 Å². The molecule has 1 heterocycles. The van der Waals surface area contributed by atoms with Crippen LogP contribution in [0.5, 0.6) is 0 Å². The average molecular weight is 267 g/mol. The van der Waals surface area contributed by atoms with E-state index in [2.05, 4.69) is 10.5 Å². The van der Waals surface area contributed by atoms with E-state index >= 15 is 0 Å². The Hall–Kier alpha value is -1.85. The Morgan fingerprint density at radius 1 is 1.37 bits per heavy atom. The minimum Gasteiger partial charge on any atom is -0.361 e. The highest BCUT2D eigenvalue weighted by Gasteiger charge is 2.28. The summed E-state index contributed by atoms with van der Waals surface area (Å²) in [6.07, 6.45) is 0.653. The SMILES string of the molecule is CCc1cc(C(=O)N(C(=O)NC(C)C)C(C)C)no1. The van der Waals surface area contributed by atoms with E-state index in [1.807, 2.05) is 20.8 Å². The zero-order chi connectivity index (χ0) is 14.6. The number of carbonyl (C=O) groups excluding carboxylic acids is 2. The van der Waals surface area contributed by atoms with E-state index in [1.54, 1.807) is 19.9 Å². The maximum Gasteiger partial charge on any atom is 0.324 e. The molecular formula is C13H21N3O3. The summed E-state index contributed by atoms with van der Waals surface area (Å²) < 4.78 is 5.00. The van der Waals surface area contributed by atoms with E-state index in [0.29, 0.717) is 12.2 Å². The molecule has 1 aromatic heterocycles. The largest absolute Gasteiger partial charge is 0.361 e. The predicted molar refractivity (Wildman–Crippen MR) is 70.9 cm³/mol. The van der Waals surface area contributed by atoms with Crippen molar-refractivity contribution in [3.63, 3.8) is 0 Å². The van der Waals surface area contributed by atoms with Gasteiger partial charge < -0.3 is 9.84 Å². The van der Waals surface area contributed by atoms with Crippen LogP contribution in [0.3, 0.4) is 0 Å². The Labute approximate surface area is 113 Å². The fourth-order valence-corrected chi connectivity index (χ4v) is 1.58. The number of rotatable bonds is 4. The van der Waals surface area contributed by atoms with Gasteiger partial charge in [-0.05, 0) is 27.7 Å². The molecule has 3 amide bonds. The maximum absolute atomic E-state index is 12.3. The molecule has 0 spiro atoms. The zero-order valence-electron chi connectivity index (χ0n) is 12.1. The molecule has 0 aromatic carbocycles. The van der Waals surface area contributed by atoms with Crippen LogP contribution in [-0.2, 0) is 6.42 Å². The summed E-state index contributed by atoms with van der Waals surface area (Å²) in [5.74, 6) is 0.174. The Bertz CT molecular complexity index is 452. The second-order valence-electron chi connectivity index (χ2n) is 4.91. The van der Waals surface area contributed by atoms with E-state index in [9.17, 15) is 9.59 Å². The van der Waals surface area contributed by atoms with Gasteiger partial charge in [0.25, 0.3) is 5.91 Å². The lowest BCUT2D eigenvalue weighted by Gasteiger charge is -2.25. The number of urea groups is 1. The first-order valence-electron chi connectivity index (χ1n) is 6.46. The van der Waals surface area contributed by atoms with Crippen LogP contribution in [0, 0.1) is 0 Å². The summed E-state index contributed by atoms with van der Waals surface area (Å²) in [5.41, 5.74) is 0.157. The summed E-state index contributed by atoms with van der Waals surface area (Å²) in [4.78, 5) is 25.5. The molecule has 106 valence electrons. The topological polar surface area (TPSA) is 75.4 Å². The van der Waals surface area contributed by atoms with Gasteiger partial charge in [-0.3, -0.25) is 9.69 Å². The monoisotopic (exact) mass is 267 g/mol. The first-order valence-corrected chi connectivity index (χ1v) is 6.46. The van der Waals surface area contributed by atoms with Crippen molar-refractivity contribution in [1.29, 1.82) is 0 Å². The van der Waals surface area contributed by atoms with Gasteiger partial charge in [0, 0.05) is 24.6 Å². The third-order valence-electron chi connectivity index (χ3n) is 2.49. The number of nitrogens with zero attached hydrogens (tertiary/aromatic N) is 2. The van der Waals surface area contributed by atoms with Crippen LogP contribution >= 0.6 is 0 Å². The molecule has 0 bridgehead atoms. The standard InChI is InChI=1S/C13H21N3O3/c1-6-10-7-11(15-19-10)12(17)16(9(4)5)13(18)14-8(2)3/h7-9H,6H2,1-5H3,(H,14,18). The predicted octanol–water partition coefficient (Wildman–Crippen LogP) is 2.21. The molecule has 1 rings (SSSR count). The molecule has 0 saturated heterocycles. The molecule has 0 radical (unpaired) electrons.